The summed E-state index contributed by atoms with van der Waals surface area (Å²) in [5.74, 6) is 1.20. The molecule has 3 aromatic carbocycles. The zero-order valence-electron chi connectivity index (χ0n) is 22.9. The van der Waals surface area contributed by atoms with Crippen molar-refractivity contribution in [3.05, 3.63) is 90.0 Å². The predicted octanol–water partition coefficient (Wildman–Crippen LogP) is 4.55. The minimum Gasteiger partial charge on any atom is -0.508 e. The van der Waals surface area contributed by atoms with Crippen LogP contribution >= 0.6 is 0 Å². The van der Waals surface area contributed by atoms with Crippen LogP contribution in [-0.2, 0) is 21.5 Å². The molecule has 3 N–H and O–H groups in total. The Morgan fingerprint density at radius 2 is 1.75 bits per heavy atom. The number of nitrogens with zero attached hydrogens (tertiary/aromatic N) is 3. The summed E-state index contributed by atoms with van der Waals surface area (Å²) in [5.41, 5.74) is 9.01. The molecule has 0 bridgehead atoms. The molecule has 3 aliphatic rings. The van der Waals surface area contributed by atoms with E-state index < -0.39 is 5.54 Å². The van der Waals surface area contributed by atoms with E-state index in [-0.39, 0.29) is 35.4 Å². The van der Waals surface area contributed by atoms with E-state index in [2.05, 4.69) is 29.3 Å². The number of aliphatic imine (C=N–C) groups is 1. The SMILES string of the molecule is CC1(c2cccc(-c3cccc(O)c3)c2)N=C(N)N(CC2CCN(C(=O)C3CCC3Cc3ccccc3)C2)C1=O. The Morgan fingerprint density at radius 3 is 2.48 bits per heavy atom. The maximum atomic E-state index is 13.7. The number of carbonyl (C=O) groups excluding carboxylic acids is 2. The molecule has 7 nitrogen and oxygen atoms in total. The number of phenols is 1. The van der Waals surface area contributed by atoms with Gasteiger partial charge in [-0.1, -0.05) is 60.7 Å². The van der Waals surface area contributed by atoms with Gasteiger partial charge in [-0.25, -0.2) is 4.99 Å². The van der Waals surface area contributed by atoms with Crippen molar-refractivity contribution < 1.29 is 14.7 Å². The second kappa shape index (κ2) is 10.5. The van der Waals surface area contributed by atoms with E-state index in [9.17, 15) is 14.7 Å². The van der Waals surface area contributed by atoms with Crippen molar-refractivity contribution in [1.29, 1.82) is 0 Å². The third kappa shape index (κ3) is 4.85. The van der Waals surface area contributed by atoms with Crippen molar-refractivity contribution in [1.82, 2.24) is 9.80 Å². The molecule has 6 rings (SSSR count). The van der Waals surface area contributed by atoms with Gasteiger partial charge in [-0.05, 0) is 84.9 Å². The van der Waals surface area contributed by atoms with Gasteiger partial charge < -0.3 is 15.7 Å². The van der Waals surface area contributed by atoms with Gasteiger partial charge in [-0.15, -0.1) is 0 Å². The highest BCUT2D eigenvalue weighted by atomic mass is 16.3. The van der Waals surface area contributed by atoms with Gasteiger partial charge in [0.1, 0.15) is 5.75 Å². The number of benzene rings is 3. The van der Waals surface area contributed by atoms with Crippen LogP contribution in [0.3, 0.4) is 0 Å². The third-order valence-corrected chi connectivity index (χ3v) is 8.99. The van der Waals surface area contributed by atoms with Crippen molar-refractivity contribution in [3.63, 3.8) is 0 Å². The van der Waals surface area contributed by atoms with Crippen LogP contribution in [0.15, 0.2) is 83.9 Å². The zero-order chi connectivity index (χ0) is 27.9. The van der Waals surface area contributed by atoms with Crippen molar-refractivity contribution in [2.45, 2.75) is 38.1 Å². The summed E-state index contributed by atoms with van der Waals surface area (Å²) in [6.07, 6.45) is 3.86. The number of carbonyl (C=O) groups is 2. The number of rotatable bonds is 7. The Balaban J connectivity index is 1.10. The Hall–Kier alpha value is -4.13. The van der Waals surface area contributed by atoms with Gasteiger partial charge in [-0.2, -0.15) is 0 Å². The molecule has 0 spiro atoms. The zero-order valence-corrected chi connectivity index (χ0v) is 22.9. The van der Waals surface area contributed by atoms with Crippen LogP contribution in [0.1, 0.15) is 37.3 Å². The summed E-state index contributed by atoms with van der Waals surface area (Å²) in [6.45, 7) is 3.63. The van der Waals surface area contributed by atoms with E-state index in [1.54, 1.807) is 30.0 Å². The highest BCUT2D eigenvalue weighted by Crippen LogP contribution is 2.40. The molecule has 206 valence electrons. The van der Waals surface area contributed by atoms with Crippen molar-refractivity contribution in [2.24, 2.45) is 28.5 Å². The average molecular weight is 537 g/mol. The van der Waals surface area contributed by atoms with Gasteiger partial charge >= 0.3 is 0 Å². The molecule has 3 aromatic rings. The summed E-state index contributed by atoms with van der Waals surface area (Å²) >= 11 is 0. The van der Waals surface area contributed by atoms with Crippen LogP contribution < -0.4 is 5.73 Å². The topological polar surface area (TPSA) is 99.2 Å². The first-order chi connectivity index (χ1) is 19.3. The second-order valence-corrected chi connectivity index (χ2v) is 11.7. The maximum Gasteiger partial charge on any atom is 0.261 e. The van der Waals surface area contributed by atoms with Crippen LogP contribution in [0.5, 0.6) is 5.75 Å². The van der Waals surface area contributed by atoms with Crippen molar-refractivity contribution in [3.8, 4) is 16.9 Å². The molecule has 2 amide bonds. The first-order valence-corrected chi connectivity index (χ1v) is 14.2. The van der Waals surface area contributed by atoms with E-state index in [1.165, 1.54) is 5.56 Å². The van der Waals surface area contributed by atoms with Crippen LogP contribution in [0.25, 0.3) is 11.1 Å². The lowest BCUT2D eigenvalue weighted by atomic mass is 9.70. The molecular formula is C33H36N4O3. The van der Waals surface area contributed by atoms with E-state index in [4.69, 9.17) is 5.73 Å². The fourth-order valence-electron chi connectivity index (χ4n) is 6.49. The molecule has 1 saturated carbocycles. The van der Waals surface area contributed by atoms with Crippen LogP contribution in [-0.4, -0.2) is 52.3 Å². The Bertz CT molecular complexity index is 1450. The largest absolute Gasteiger partial charge is 0.508 e. The molecule has 4 unspecified atom stereocenters. The fourth-order valence-corrected chi connectivity index (χ4v) is 6.49. The summed E-state index contributed by atoms with van der Waals surface area (Å²) in [4.78, 5) is 35.4. The molecule has 2 fully saturated rings. The van der Waals surface area contributed by atoms with Crippen LogP contribution in [0.2, 0.25) is 0 Å². The summed E-state index contributed by atoms with van der Waals surface area (Å²) < 4.78 is 0. The van der Waals surface area contributed by atoms with Gasteiger partial charge in [0.2, 0.25) is 5.91 Å². The predicted molar refractivity (Wildman–Crippen MR) is 155 cm³/mol. The van der Waals surface area contributed by atoms with Crippen LogP contribution in [0, 0.1) is 17.8 Å². The highest BCUT2D eigenvalue weighted by molar-refractivity contribution is 6.07. The minimum atomic E-state index is -1.12. The highest BCUT2D eigenvalue weighted by Gasteiger charge is 2.47. The third-order valence-electron chi connectivity index (χ3n) is 8.99. The number of aromatic hydroxyl groups is 1. The standard InChI is InChI=1S/C33H36N4O3/c1-33(27-11-5-9-24(18-27)25-10-6-12-28(38)19-25)31(40)37(32(34)35-33)21-23-15-16-36(20-23)30(39)29-14-13-26(29)17-22-7-3-2-4-8-22/h2-12,18-19,23,26,29,38H,13-17,20-21H2,1H3,(H2,34,35). The van der Waals surface area contributed by atoms with Crippen LogP contribution in [0.4, 0.5) is 0 Å². The van der Waals surface area contributed by atoms with Crippen molar-refractivity contribution >= 4 is 17.8 Å². The molecule has 1 aliphatic carbocycles. The van der Waals surface area contributed by atoms with Gasteiger partial charge in [-0.3, -0.25) is 14.5 Å². The molecule has 2 aliphatic heterocycles. The summed E-state index contributed by atoms with van der Waals surface area (Å²) in [5, 5.41) is 9.90. The summed E-state index contributed by atoms with van der Waals surface area (Å²) in [7, 11) is 0. The molecule has 0 radical (unpaired) electrons. The lowest BCUT2D eigenvalue weighted by molar-refractivity contribution is -0.140. The molecule has 1 saturated heterocycles. The number of hydrogen-bond acceptors (Lipinski definition) is 5. The molecule has 40 heavy (non-hydrogen) atoms. The number of guanidine groups is 1. The average Bonchev–Trinajstić information content (AvgIpc) is 3.51. The quantitative estimate of drug-likeness (QED) is 0.463. The molecule has 4 atom stereocenters. The maximum absolute atomic E-state index is 13.7. The van der Waals surface area contributed by atoms with E-state index in [0.29, 0.717) is 19.0 Å². The van der Waals surface area contributed by atoms with E-state index in [1.807, 2.05) is 41.3 Å². The van der Waals surface area contributed by atoms with Gasteiger partial charge in [0.25, 0.3) is 5.91 Å². The summed E-state index contributed by atoms with van der Waals surface area (Å²) in [6, 6.07) is 25.1. The van der Waals surface area contributed by atoms with Gasteiger partial charge in [0.15, 0.2) is 11.5 Å². The number of phenolic OH excluding ortho intramolecular Hbond substituents is 1. The van der Waals surface area contributed by atoms with Gasteiger partial charge in [0, 0.05) is 25.6 Å². The van der Waals surface area contributed by atoms with E-state index >= 15 is 0 Å². The minimum absolute atomic E-state index is 0.0982. The number of nitrogens with two attached hydrogens (primary N) is 1. The number of amides is 2. The second-order valence-electron chi connectivity index (χ2n) is 11.7. The number of likely N-dealkylation sites (tertiary alicyclic amines) is 1. The Labute approximate surface area is 235 Å². The first kappa shape index (κ1) is 26.1. The van der Waals surface area contributed by atoms with Gasteiger partial charge in [0.05, 0.1) is 0 Å². The molecule has 0 aromatic heterocycles. The monoisotopic (exact) mass is 536 g/mol. The Morgan fingerprint density at radius 1 is 1.00 bits per heavy atom. The molecule has 2 heterocycles. The van der Waals surface area contributed by atoms with E-state index in [0.717, 1.165) is 48.9 Å². The molecular weight excluding hydrogens is 500 g/mol. The fraction of sp³-hybridized carbons (Fsp3) is 0.364. The first-order valence-electron chi connectivity index (χ1n) is 14.2. The number of hydrogen-bond donors (Lipinski definition) is 2. The lowest BCUT2D eigenvalue weighted by Crippen LogP contribution is -2.46. The van der Waals surface area contributed by atoms with Crippen molar-refractivity contribution in [2.75, 3.05) is 19.6 Å². The molecule has 7 heteroatoms. The lowest BCUT2D eigenvalue weighted by Gasteiger charge is -2.38. The smallest absolute Gasteiger partial charge is 0.261 e. The normalized spacial score (nSPS) is 26.1. The Kier molecular flexibility index (Phi) is 6.82.